The van der Waals surface area contributed by atoms with E-state index in [1.54, 1.807) is 0 Å². The normalized spacial score (nSPS) is 24.6. The van der Waals surface area contributed by atoms with Crippen LogP contribution in [0.5, 0.6) is 0 Å². The molecule has 0 bridgehead atoms. The van der Waals surface area contributed by atoms with Crippen LogP contribution in [0.4, 0.5) is 5.69 Å². The molecule has 0 radical (unpaired) electrons. The number of β-amino-alcohol motifs (C(OH)–C–C–N with tert-alkyl or cyclic N) is 1. The third kappa shape index (κ3) is 3.72. The summed E-state index contributed by atoms with van der Waals surface area (Å²) in [5, 5.41) is 10.0. The lowest BCUT2D eigenvalue weighted by molar-refractivity contribution is 0.121. The Morgan fingerprint density at radius 3 is 2.56 bits per heavy atom. The maximum absolute atomic E-state index is 10.0. The number of hydrogen-bond donors (Lipinski definition) is 1. The van der Waals surface area contributed by atoms with Gasteiger partial charge in [0.2, 0.25) is 0 Å². The van der Waals surface area contributed by atoms with Gasteiger partial charge in [-0.05, 0) is 48.9 Å². The summed E-state index contributed by atoms with van der Waals surface area (Å²) in [6.45, 7) is 6.34. The van der Waals surface area contributed by atoms with E-state index in [1.165, 1.54) is 12.1 Å². The summed E-state index contributed by atoms with van der Waals surface area (Å²) in [5.41, 5.74) is 1.21. The molecule has 1 aliphatic heterocycles. The SMILES string of the molecule is CC(C)CC1CC(O)CN(c2ccc(Br)cc2)C1. The highest BCUT2D eigenvalue weighted by Gasteiger charge is 2.26. The number of anilines is 1. The largest absolute Gasteiger partial charge is 0.391 e. The van der Waals surface area contributed by atoms with E-state index in [0.29, 0.717) is 11.8 Å². The minimum absolute atomic E-state index is 0.189. The van der Waals surface area contributed by atoms with Crippen molar-refractivity contribution in [1.82, 2.24) is 0 Å². The fourth-order valence-electron chi connectivity index (χ4n) is 2.87. The molecule has 2 rings (SSSR count). The number of halogens is 1. The van der Waals surface area contributed by atoms with Gasteiger partial charge in [0.05, 0.1) is 6.10 Å². The number of nitrogens with zero attached hydrogens (tertiary/aromatic N) is 1. The maximum atomic E-state index is 10.0. The van der Waals surface area contributed by atoms with Crippen LogP contribution in [0.15, 0.2) is 28.7 Å². The van der Waals surface area contributed by atoms with Crippen molar-refractivity contribution in [2.24, 2.45) is 11.8 Å². The van der Waals surface area contributed by atoms with Crippen molar-refractivity contribution < 1.29 is 5.11 Å². The van der Waals surface area contributed by atoms with Crippen LogP contribution in [0.25, 0.3) is 0 Å². The second kappa shape index (κ2) is 6.07. The van der Waals surface area contributed by atoms with E-state index < -0.39 is 0 Å². The zero-order valence-electron chi connectivity index (χ0n) is 11.1. The molecule has 1 saturated heterocycles. The van der Waals surface area contributed by atoms with E-state index in [4.69, 9.17) is 0 Å². The van der Waals surface area contributed by atoms with Gasteiger partial charge in [-0.3, -0.25) is 0 Å². The summed E-state index contributed by atoms with van der Waals surface area (Å²) in [5.74, 6) is 1.31. The van der Waals surface area contributed by atoms with Crippen molar-refractivity contribution in [3.8, 4) is 0 Å². The molecule has 1 aromatic rings. The Hall–Kier alpha value is -0.540. The average Bonchev–Trinajstić information content (AvgIpc) is 2.28. The number of aliphatic hydroxyl groups excluding tert-OH is 1. The average molecular weight is 312 g/mol. The van der Waals surface area contributed by atoms with Crippen LogP contribution >= 0.6 is 15.9 Å². The molecule has 1 heterocycles. The lowest BCUT2D eigenvalue weighted by Gasteiger charge is -2.38. The van der Waals surface area contributed by atoms with Crippen molar-refractivity contribution in [2.75, 3.05) is 18.0 Å². The van der Waals surface area contributed by atoms with Gasteiger partial charge < -0.3 is 10.0 Å². The van der Waals surface area contributed by atoms with Gasteiger partial charge in [0.1, 0.15) is 0 Å². The van der Waals surface area contributed by atoms with E-state index in [9.17, 15) is 5.11 Å². The molecule has 100 valence electrons. The lowest BCUT2D eigenvalue weighted by atomic mass is 9.88. The molecule has 0 amide bonds. The highest BCUT2D eigenvalue weighted by Crippen LogP contribution is 2.28. The summed E-state index contributed by atoms with van der Waals surface area (Å²) in [4.78, 5) is 2.31. The van der Waals surface area contributed by atoms with E-state index in [0.717, 1.165) is 24.0 Å². The van der Waals surface area contributed by atoms with Crippen LogP contribution in [0.3, 0.4) is 0 Å². The van der Waals surface area contributed by atoms with E-state index in [1.807, 2.05) is 0 Å². The molecule has 0 saturated carbocycles. The molecule has 0 spiro atoms. The molecule has 1 aromatic carbocycles. The van der Waals surface area contributed by atoms with Crippen molar-refractivity contribution in [3.05, 3.63) is 28.7 Å². The Morgan fingerprint density at radius 1 is 1.28 bits per heavy atom. The third-order valence-electron chi connectivity index (χ3n) is 3.51. The summed E-state index contributed by atoms with van der Waals surface area (Å²) >= 11 is 3.46. The number of hydrogen-bond acceptors (Lipinski definition) is 2. The van der Waals surface area contributed by atoms with Gasteiger partial charge in [-0.15, -0.1) is 0 Å². The summed E-state index contributed by atoms with van der Waals surface area (Å²) in [6.07, 6.45) is 1.96. The lowest BCUT2D eigenvalue weighted by Crippen LogP contribution is -2.43. The van der Waals surface area contributed by atoms with E-state index >= 15 is 0 Å². The van der Waals surface area contributed by atoms with Gasteiger partial charge in [0, 0.05) is 23.2 Å². The first kappa shape index (κ1) is 13.9. The Morgan fingerprint density at radius 2 is 1.94 bits per heavy atom. The number of piperidine rings is 1. The molecular weight excluding hydrogens is 290 g/mol. The first-order valence-electron chi connectivity index (χ1n) is 6.73. The number of aliphatic hydroxyl groups is 1. The quantitative estimate of drug-likeness (QED) is 0.920. The third-order valence-corrected chi connectivity index (χ3v) is 4.04. The molecule has 0 aromatic heterocycles. The van der Waals surface area contributed by atoms with Crippen LogP contribution in [-0.4, -0.2) is 24.3 Å². The minimum atomic E-state index is -0.189. The van der Waals surface area contributed by atoms with Crippen LogP contribution in [0.1, 0.15) is 26.7 Å². The monoisotopic (exact) mass is 311 g/mol. The molecule has 1 fully saturated rings. The number of rotatable bonds is 3. The fourth-order valence-corrected chi connectivity index (χ4v) is 3.14. The van der Waals surface area contributed by atoms with Crippen molar-refractivity contribution in [2.45, 2.75) is 32.8 Å². The van der Waals surface area contributed by atoms with Crippen LogP contribution < -0.4 is 4.90 Å². The highest BCUT2D eigenvalue weighted by molar-refractivity contribution is 9.10. The fraction of sp³-hybridized carbons (Fsp3) is 0.600. The first-order chi connectivity index (χ1) is 8.54. The van der Waals surface area contributed by atoms with E-state index in [-0.39, 0.29) is 6.10 Å². The summed E-state index contributed by atoms with van der Waals surface area (Å²) in [6, 6.07) is 8.37. The standard InChI is InChI=1S/C15H22BrNO/c1-11(2)7-12-8-15(18)10-17(9-12)14-5-3-13(16)4-6-14/h3-6,11-12,15,18H,7-10H2,1-2H3. The predicted molar refractivity (Wildman–Crippen MR) is 79.9 cm³/mol. The zero-order valence-corrected chi connectivity index (χ0v) is 12.7. The molecular formula is C15H22BrNO. The van der Waals surface area contributed by atoms with Gasteiger partial charge in [-0.2, -0.15) is 0 Å². The summed E-state index contributed by atoms with van der Waals surface area (Å²) in [7, 11) is 0. The molecule has 2 unspecified atom stereocenters. The van der Waals surface area contributed by atoms with Gasteiger partial charge in [-0.25, -0.2) is 0 Å². The molecule has 1 aliphatic rings. The Labute approximate surface area is 118 Å². The van der Waals surface area contributed by atoms with Crippen LogP contribution in [0.2, 0.25) is 0 Å². The highest BCUT2D eigenvalue weighted by atomic mass is 79.9. The van der Waals surface area contributed by atoms with Crippen molar-refractivity contribution in [1.29, 1.82) is 0 Å². The smallest absolute Gasteiger partial charge is 0.0718 e. The molecule has 1 N–H and O–H groups in total. The maximum Gasteiger partial charge on any atom is 0.0718 e. The molecule has 0 aliphatic carbocycles. The Bertz CT molecular complexity index is 375. The Balaban J connectivity index is 2.06. The second-order valence-corrected chi connectivity index (χ2v) is 6.68. The second-order valence-electron chi connectivity index (χ2n) is 5.77. The van der Waals surface area contributed by atoms with Gasteiger partial charge >= 0.3 is 0 Å². The molecule has 2 atom stereocenters. The molecule has 18 heavy (non-hydrogen) atoms. The first-order valence-corrected chi connectivity index (χ1v) is 7.52. The zero-order chi connectivity index (χ0) is 13.1. The van der Waals surface area contributed by atoms with Gasteiger partial charge in [0.25, 0.3) is 0 Å². The molecule has 2 nitrogen and oxygen atoms in total. The van der Waals surface area contributed by atoms with Crippen LogP contribution in [0, 0.1) is 11.8 Å². The topological polar surface area (TPSA) is 23.5 Å². The predicted octanol–water partition coefficient (Wildman–Crippen LogP) is 3.68. The van der Waals surface area contributed by atoms with Gasteiger partial charge in [-0.1, -0.05) is 29.8 Å². The van der Waals surface area contributed by atoms with E-state index in [2.05, 4.69) is 58.9 Å². The van der Waals surface area contributed by atoms with Gasteiger partial charge in [0.15, 0.2) is 0 Å². The minimum Gasteiger partial charge on any atom is -0.391 e. The molecule has 3 heteroatoms. The van der Waals surface area contributed by atoms with Crippen LogP contribution in [-0.2, 0) is 0 Å². The van der Waals surface area contributed by atoms with Crippen molar-refractivity contribution in [3.63, 3.8) is 0 Å². The van der Waals surface area contributed by atoms with Crippen molar-refractivity contribution >= 4 is 21.6 Å². The Kier molecular flexibility index (Phi) is 4.68. The number of benzene rings is 1. The summed E-state index contributed by atoms with van der Waals surface area (Å²) < 4.78 is 1.10.